The highest BCUT2D eigenvalue weighted by Gasteiger charge is 2.44. The van der Waals surface area contributed by atoms with E-state index in [-0.39, 0.29) is 40.7 Å². The molecule has 7 rings (SSSR count). The Bertz CT molecular complexity index is 1670. The number of anilines is 1. The molecular formula is C29H24Cl2FN3O5S. The van der Waals surface area contributed by atoms with Gasteiger partial charge in [-0.2, -0.15) is 0 Å². The number of carboxylic acid groups (broad SMARTS) is 1. The molecule has 2 aliphatic heterocycles. The van der Waals surface area contributed by atoms with Crippen LogP contribution in [0.5, 0.6) is 0 Å². The Kier molecular flexibility index (Phi) is 6.67. The second-order valence-electron chi connectivity index (χ2n) is 10.9. The largest absolute Gasteiger partial charge is 0.478 e. The van der Waals surface area contributed by atoms with Crippen LogP contribution in [0.25, 0.3) is 21.5 Å². The number of thiazole rings is 1. The first-order valence-corrected chi connectivity index (χ1v) is 15.1. The van der Waals surface area contributed by atoms with Crippen LogP contribution in [0.4, 0.5) is 9.52 Å². The summed E-state index contributed by atoms with van der Waals surface area (Å²) in [7, 11) is 0. The van der Waals surface area contributed by atoms with Gasteiger partial charge in [-0.25, -0.2) is 19.0 Å². The van der Waals surface area contributed by atoms with Crippen LogP contribution in [-0.2, 0) is 4.74 Å². The van der Waals surface area contributed by atoms with Crippen molar-refractivity contribution in [1.82, 2.24) is 10.1 Å². The molecule has 4 aromatic rings. The van der Waals surface area contributed by atoms with E-state index in [4.69, 9.17) is 32.5 Å². The molecule has 3 atom stereocenters. The van der Waals surface area contributed by atoms with Crippen LogP contribution in [0.2, 0.25) is 10.0 Å². The zero-order valence-electron chi connectivity index (χ0n) is 21.6. The van der Waals surface area contributed by atoms with E-state index >= 15 is 0 Å². The van der Waals surface area contributed by atoms with E-state index in [0.717, 1.165) is 38.2 Å². The normalized spacial score (nSPS) is 22.2. The Morgan fingerprint density at radius 2 is 1.80 bits per heavy atom. The highest BCUT2D eigenvalue weighted by Crippen LogP contribution is 2.46. The predicted molar refractivity (Wildman–Crippen MR) is 153 cm³/mol. The SMILES string of the molecule is O=C(O)c1cc(F)c2nc(N3[C@@H]4CC[C@H]3C[C@@H](OC(=O)c3c(-c5c(Cl)cccc5Cl)noc3C3CCC3)C4)sc2c1. The number of fused-ring (bicyclic) bond motifs is 3. The molecule has 1 saturated carbocycles. The second kappa shape index (κ2) is 10.3. The molecule has 2 bridgehead atoms. The molecule has 41 heavy (non-hydrogen) atoms. The van der Waals surface area contributed by atoms with Gasteiger partial charge in [0.15, 0.2) is 16.7 Å². The quantitative estimate of drug-likeness (QED) is 0.220. The number of carbonyl (C=O) groups is 2. The number of nitrogens with zero attached hydrogens (tertiary/aromatic N) is 3. The number of aromatic carboxylic acids is 1. The first-order chi connectivity index (χ1) is 19.8. The van der Waals surface area contributed by atoms with Crippen LogP contribution in [-0.4, -0.2) is 45.4 Å². The predicted octanol–water partition coefficient (Wildman–Crippen LogP) is 7.72. The van der Waals surface area contributed by atoms with Gasteiger partial charge in [-0.1, -0.05) is 52.2 Å². The maximum atomic E-state index is 14.6. The molecule has 0 radical (unpaired) electrons. The van der Waals surface area contributed by atoms with E-state index in [2.05, 4.69) is 15.0 Å². The zero-order valence-corrected chi connectivity index (χ0v) is 23.9. The molecule has 4 heterocycles. The second-order valence-corrected chi connectivity index (χ2v) is 12.7. The summed E-state index contributed by atoms with van der Waals surface area (Å²) in [5, 5.41) is 14.9. The van der Waals surface area contributed by atoms with Gasteiger partial charge in [0.05, 0.1) is 20.3 Å². The molecule has 3 aliphatic rings. The van der Waals surface area contributed by atoms with Crippen molar-refractivity contribution < 1.29 is 28.3 Å². The number of benzene rings is 2. The molecule has 8 nitrogen and oxygen atoms in total. The Labute approximate surface area is 248 Å². The van der Waals surface area contributed by atoms with Gasteiger partial charge in [0.1, 0.15) is 22.9 Å². The smallest absolute Gasteiger partial charge is 0.344 e. The lowest BCUT2D eigenvalue weighted by Gasteiger charge is -2.38. The van der Waals surface area contributed by atoms with Crippen LogP contribution in [0, 0.1) is 5.82 Å². The molecule has 2 saturated heterocycles. The van der Waals surface area contributed by atoms with E-state index in [1.54, 1.807) is 18.2 Å². The van der Waals surface area contributed by atoms with Gasteiger partial charge in [0.25, 0.3) is 0 Å². The van der Waals surface area contributed by atoms with Gasteiger partial charge >= 0.3 is 11.9 Å². The minimum Gasteiger partial charge on any atom is -0.478 e. The van der Waals surface area contributed by atoms with Gasteiger partial charge in [-0.15, -0.1) is 0 Å². The minimum absolute atomic E-state index is 0.0557. The van der Waals surface area contributed by atoms with Gasteiger partial charge in [0, 0.05) is 36.4 Å². The topological polar surface area (TPSA) is 106 Å². The van der Waals surface area contributed by atoms with Crippen molar-refractivity contribution in [3.05, 3.63) is 63.1 Å². The van der Waals surface area contributed by atoms with E-state index < -0.39 is 17.8 Å². The maximum absolute atomic E-state index is 14.6. The standard InChI is InChI=1S/C29H24Cl2FN3O5S/c30-18-5-2-6-19(31)22(18)25-23(26(40-34-25)13-3-1-4-13)28(38)39-17-11-15-7-8-16(12-17)35(15)29-33-24-20(32)9-14(27(36)37)10-21(24)41-29/h2,5-6,9-10,13,15-17H,1,3-4,7-8,11-12H2,(H,36,37)/t15-,16+,17+. The average Bonchev–Trinajstić information content (AvgIpc) is 3.57. The molecule has 1 N–H and O–H groups in total. The van der Waals surface area contributed by atoms with E-state index in [1.165, 1.54) is 17.4 Å². The fourth-order valence-corrected chi connectivity index (χ4v) is 8.04. The summed E-state index contributed by atoms with van der Waals surface area (Å²) in [6.07, 6.45) is 5.49. The number of carboxylic acids is 1. The summed E-state index contributed by atoms with van der Waals surface area (Å²) in [6, 6.07) is 7.69. The number of aromatic nitrogens is 2. The maximum Gasteiger partial charge on any atom is 0.344 e. The molecule has 2 aromatic carbocycles. The van der Waals surface area contributed by atoms with Crippen molar-refractivity contribution in [2.45, 2.75) is 69.1 Å². The van der Waals surface area contributed by atoms with Gasteiger partial charge in [-0.3, -0.25) is 0 Å². The number of hydrogen-bond donors (Lipinski definition) is 1. The summed E-state index contributed by atoms with van der Waals surface area (Å²) < 4.78 is 27.0. The minimum atomic E-state index is -1.18. The summed E-state index contributed by atoms with van der Waals surface area (Å²) in [6.45, 7) is 0. The molecular weight excluding hydrogens is 592 g/mol. The summed E-state index contributed by atoms with van der Waals surface area (Å²) in [4.78, 5) is 31.9. The average molecular weight is 616 g/mol. The third kappa shape index (κ3) is 4.56. The van der Waals surface area contributed by atoms with Crippen molar-refractivity contribution in [3.8, 4) is 11.3 Å². The Morgan fingerprint density at radius 3 is 2.44 bits per heavy atom. The number of hydrogen-bond acceptors (Lipinski definition) is 8. The zero-order chi connectivity index (χ0) is 28.4. The monoisotopic (exact) mass is 615 g/mol. The molecule has 3 fully saturated rings. The fourth-order valence-electron chi connectivity index (χ4n) is 6.30. The van der Waals surface area contributed by atoms with Crippen LogP contribution < -0.4 is 4.90 Å². The third-order valence-electron chi connectivity index (χ3n) is 8.47. The number of carbonyl (C=O) groups excluding carboxylic acids is 1. The lowest BCUT2D eigenvalue weighted by molar-refractivity contribution is 0.0200. The van der Waals surface area contributed by atoms with Gasteiger partial charge in [0.2, 0.25) is 0 Å². The van der Waals surface area contributed by atoms with E-state index in [1.807, 2.05) is 0 Å². The molecule has 1 aliphatic carbocycles. The Morgan fingerprint density at radius 1 is 1.10 bits per heavy atom. The van der Waals surface area contributed by atoms with Crippen LogP contribution in [0.1, 0.15) is 77.3 Å². The van der Waals surface area contributed by atoms with Gasteiger partial charge < -0.3 is 19.3 Å². The molecule has 0 unspecified atom stereocenters. The molecule has 0 amide bonds. The summed E-state index contributed by atoms with van der Waals surface area (Å²) >= 11 is 14.2. The Hall–Kier alpha value is -3.21. The lowest BCUT2D eigenvalue weighted by Crippen LogP contribution is -2.46. The van der Waals surface area contributed by atoms with Gasteiger partial charge in [-0.05, 0) is 49.9 Å². The molecule has 12 heteroatoms. The highest BCUT2D eigenvalue weighted by atomic mass is 35.5. The molecule has 2 aromatic heterocycles. The number of piperidine rings is 1. The number of halogens is 3. The number of rotatable bonds is 6. The van der Waals surface area contributed by atoms with Crippen molar-refractivity contribution in [2.75, 3.05) is 4.90 Å². The van der Waals surface area contributed by atoms with Crippen molar-refractivity contribution in [3.63, 3.8) is 0 Å². The van der Waals surface area contributed by atoms with Crippen molar-refractivity contribution in [2.24, 2.45) is 0 Å². The first-order valence-electron chi connectivity index (χ1n) is 13.5. The van der Waals surface area contributed by atoms with Crippen molar-refractivity contribution >= 4 is 61.8 Å². The van der Waals surface area contributed by atoms with Crippen molar-refractivity contribution in [1.29, 1.82) is 0 Å². The Balaban J connectivity index is 1.14. The van der Waals surface area contributed by atoms with Crippen LogP contribution in [0.3, 0.4) is 0 Å². The summed E-state index contributed by atoms with van der Waals surface area (Å²) in [5.74, 6) is -1.72. The lowest BCUT2D eigenvalue weighted by atomic mass is 9.81. The molecule has 0 spiro atoms. The van der Waals surface area contributed by atoms with E-state index in [0.29, 0.717) is 49.7 Å². The van der Waals surface area contributed by atoms with E-state index in [9.17, 15) is 19.1 Å². The summed E-state index contributed by atoms with van der Waals surface area (Å²) in [5.41, 5.74) is 1.09. The number of esters is 1. The first kappa shape index (κ1) is 26.7. The van der Waals surface area contributed by atoms with Crippen LogP contribution in [0.15, 0.2) is 34.9 Å². The molecule has 212 valence electrons. The number of ether oxygens (including phenoxy) is 1. The van der Waals surface area contributed by atoms with Crippen LogP contribution >= 0.6 is 34.5 Å². The fraction of sp³-hybridized carbons (Fsp3) is 0.379. The highest BCUT2D eigenvalue weighted by molar-refractivity contribution is 7.22. The third-order valence-corrected chi connectivity index (χ3v) is 10.1.